The number of hydrogen-bond acceptors (Lipinski definition) is 10. The van der Waals surface area contributed by atoms with E-state index >= 15 is 0 Å². The molecule has 2 fully saturated rings. The van der Waals surface area contributed by atoms with Gasteiger partial charge >= 0.3 is 0 Å². The van der Waals surface area contributed by atoms with Crippen LogP contribution in [-0.4, -0.2) is 103 Å². The molecular weight excluding hydrogens is 370 g/mol. The van der Waals surface area contributed by atoms with E-state index in [9.17, 15) is 15.0 Å². The lowest BCUT2D eigenvalue weighted by Gasteiger charge is -2.50. The maximum atomic E-state index is 12.1. The Labute approximate surface area is 165 Å². The highest BCUT2D eigenvalue weighted by atomic mass is 16.7. The van der Waals surface area contributed by atoms with Crippen LogP contribution in [0.2, 0.25) is 0 Å². The lowest BCUT2D eigenvalue weighted by Crippen LogP contribution is -2.72. The summed E-state index contributed by atoms with van der Waals surface area (Å²) in [7, 11) is 2.85. The summed E-state index contributed by atoms with van der Waals surface area (Å²) in [6, 6.07) is -2.55. The van der Waals surface area contributed by atoms with Crippen LogP contribution in [0.25, 0.3) is 0 Å². The molecule has 1 amide bonds. The Kier molecular flexibility index (Phi) is 8.14. The third kappa shape index (κ3) is 4.64. The molecule has 1 aliphatic heterocycles. The molecule has 0 aromatic heterocycles. The van der Waals surface area contributed by atoms with Crippen LogP contribution >= 0.6 is 0 Å². The molecule has 1 saturated heterocycles. The van der Waals surface area contributed by atoms with Crippen molar-refractivity contribution in [3.05, 3.63) is 0 Å². The molecule has 0 unspecified atom stereocenters. The fourth-order valence-corrected chi connectivity index (χ4v) is 3.95. The molecule has 10 N–H and O–H groups in total. The van der Waals surface area contributed by atoms with Gasteiger partial charge in [0.15, 0.2) is 6.29 Å². The number of nitrogens with two attached hydrogens (primary N) is 4. The first kappa shape index (κ1) is 23.4. The minimum absolute atomic E-state index is 0.215. The fraction of sp³-hybridized carbons (Fsp3) is 0.941. The number of aliphatic hydroxyl groups is 2. The molecule has 164 valence electrons. The monoisotopic (exact) mass is 405 g/mol. The molecule has 0 aromatic rings. The van der Waals surface area contributed by atoms with Gasteiger partial charge in [-0.25, -0.2) is 0 Å². The van der Waals surface area contributed by atoms with Gasteiger partial charge in [0.05, 0.1) is 36.9 Å². The van der Waals surface area contributed by atoms with Crippen LogP contribution in [0.3, 0.4) is 0 Å². The largest absolute Gasteiger partial charge is 0.389 e. The van der Waals surface area contributed by atoms with E-state index in [2.05, 4.69) is 0 Å². The zero-order valence-corrected chi connectivity index (χ0v) is 16.7. The first-order valence-corrected chi connectivity index (χ1v) is 9.56. The average Bonchev–Trinajstić information content (AvgIpc) is 2.67. The van der Waals surface area contributed by atoms with E-state index < -0.39 is 54.7 Å². The molecule has 0 aromatic carbocycles. The van der Waals surface area contributed by atoms with Crippen molar-refractivity contribution in [3.63, 3.8) is 0 Å². The number of methoxy groups -OCH3 is 1. The van der Waals surface area contributed by atoms with Crippen LogP contribution in [0.15, 0.2) is 0 Å². The quantitative estimate of drug-likeness (QED) is 0.257. The van der Waals surface area contributed by atoms with Gasteiger partial charge in [0, 0.05) is 20.2 Å². The molecule has 0 spiro atoms. The molecule has 11 heteroatoms. The summed E-state index contributed by atoms with van der Waals surface area (Å²) < 4.78 is 17.1. The van der Waals surface area contributed by atoms with Gasteiger partial charge in [0.25, 0.3) is 0 Å². The van der Waals surface area contributed by atoms with Crippen molar-refractivity contribution in [2.75, 3.05) is 20.7 Å². The Balaban J connectivity index is 2.23. The Bertz CT molecular complexity index is 526. The van der Waals surface area contributed by atoms with Crippen LogP contribution in [0, 0.1) is 0 Å². The van der Waals surface area contributed by atoms with Crippen LogP contribution in [-0.2, 0) is 19.0 Å². The first-order valence-electron chi connectivity index (χ1n) is 9.56. The summed E-state index contributed by atoms with van der Waals surface area (Å²) in [4.78, 5) is 13.3. The number of likely N-dealkylation sites (N-methyl/N-ethyl adjacent to an activating group) is 1. The Morgan fingerprint density at radius 2 is 1.89 bits per heavy atom. The highest BCUT2D eigenvalue weighted by Gasteiger charge is 2.53. The van der Waals surface area contributed by atoms with Gasteiger partial charge in [-0.2, -0.15) is 0 Å². The number of carbonyl (C=O) groups is 1. The summed E-state index contributed by atoms with van der Waals surface area (Å²) in [5.74, 6) is -0.421. The number of amides is 1. The van der Waals surface area contributed by atoms with Gasteiger partial charge in [-0.3, -0.25) is 4.79 Å². The highest BCUT2D eigenvalue weighted by Crippen LogP contribution is 2.31. The molecule has 2 aliphatic rings. The van der Waals surface area contributed by atoms with E-state index in [1.165, 1.54) is 19.1 Å². The molecule has 1 heterocycles. The number of rotatable bonds is 6. The third-order valence-electron chi connectivity index (χ3n) is 5.74. The number of hydrogen-bond donors (Lipinski definition) is 6. The van der Waals surface area contributed by atoms with Crippen molar-refractivity contribution in [2.45, 2.75) is 80.7 Å². The number of ether oxygens (including phenoxy) is 3. The van der Waals surface area contributed by atoms with E-state index in [4.69, 9.17) is 37.1 Å². The van der Waals surface area contributed by atoms with Crippen molar-refractivity contribution in [1.82, 2.24) is 4.90 Å². The summed E-state index contributed by atoms with van der Waals surface area (Å²) in [5.41, 5.74) is 23.6. The van der Waals surface area contributed by atoms with Crippen LogP contribution in [0.4, 0.5) is 0 Å². The molecule has 28 heavy (non-hydrogen) atoms. The van der Waals surface area contributed by atoms with Crippen molar-refractivity contribution < 1.29 is 29.2 Å². The van der Waals surface area contributed by atoms with Gasteiger partial charge < -0.3 is 52.3 Å². The molecule has 10 atom stereocenters. The smallest absolute Gasteiger partial charge is 0.236 e. The summed E-state index contributed by atoms with van der Waals surface area (Å²) in [6.07, 6.45) is -4.16. The van der Waals surface area contributed by atoms with Gasteiger partial charge in [-0.1, -0.05) is 0 Å². The molecule has 0 radical (unpaired) electrons. The summed E-state index contributed by atoms with van der Waals surface area (Å²) >= 11 is 0. The van der Waals surface area contributed by atoms with Gasteiger partial charge in [-0.15, -0.1) is 0 Å². The second-order valence-electron chi connectivity index (χ2n) is 7.70. The number of nitrogens with zero attached hydrogens (tertiary/aromatic N) is 1. The highest BCUT2D eigenvalue weighted by molar-refractivity contribution is 5.78. The molecule has 2 rings (SSSR count). The predicted molar refractivity (Wildman–Crippen MR) is 101 cm³/mol. The number of carbonyl (C=O) groups excluding carboxylic acids is 1. The minimum Gasteiger partial charge on any atom is -0.389 e. The summed E-state index contributed by atoms with van der Waals surface area (Å²) in [5, 5.41) is 21.6. The Morgan fingerprint density at radius 3 is 2.43 bits per heavy atom. The molecule has 0 bridgehead atoms. The zero-order valence-electron chi connectivity index (χ0n) is 16.7. The van der Waals surface area contributed by atoms with Crippen molar-refractivity contribution in [2.24, 2.45) is 22.9 Å². The topological polar surface area (TPSA) is 193 Å². The minimum atomic E-state index is -1.25. The van der Waals surface area contributed by atoms with E-state index in [0.29, 0.717) is 12.8 Å². The van der Waals surface area contributed by atoms with Crippen molar-refractivity contribution >= 4 is 5.91 Å². The summed E-state index contributed by atoms with van der Waals surface area (Å²) in [6.45, 7) is 1.58. The van der Waals surface area contributed by atoms with E-state index in [-0.39, 0.29) is 18.7 Å². The first-order chi connectivity index (χ1) is 13.1. The second-order valence-corrected chi connectivity index (χ2v) is 7.70. The Morgan fingerprint density at radius 1 is 1.25 bits per heavy atom. The van der Waals surface area contributed by atoms with Crippen LogP contribution in [0.1, 0.15) is 19.8 Å². The lowest BCUT2D eigenvalue weighted by atomic mass is 9.80. The zero-order chi connectivity index (χ0) is 21.2. The lowest BCUT2D eigenvalue weighted by molar-refractivity contribution is -0.267. The number of aliphatic hydroxyl groups excluding tert-OH is 2. The Hall–Kier alpha value is -0.890. The second kappa shape index (κ2) is 9.74. The van der Waals surface area contributed by atoms with Crippen LogP contribution in [0.5, 0.6) is 0 Å². The van der Waals surface area contributed by atoms with E-state index in [1.54, 1.807) is 0 Å². The molecule has 11 nitrogen and oxygen atoms in total. The normalized spacial score (nSPS) is 42.8. The van der Waals surface area contributed by atoms with Crippen LogP contribution < -0.4 is 22.9 Å². The van der Waals surface area contributed by atoms with Gasteiger partial charge in [-0.05, 0) is 19.8 Å². The van der Waals surface area contributed by atoms with E-state index in [0.717, 1.165) is 0 Å². The maximum Gasteiger partial charge on any atom is 0.236 e. The molecule has 1 aliphatic carbocycles. The maximum absolute atomic E-state index is 12.1. The predicted octanol–water partition coefficient (Wildman–Crippen LogP) is -3.59. The fourth-order valence-electron chi connectivity index (χ4n) is 3.95. The average molecular weight is 405 g/mol. The van der Waals surface area contributed by atoms with Gasteiger partial charge in [0.1, 0.15) is 18.3 Å². The third-order valence-corrected chi connectivity index (χ3v) is 5.74. The standard InChI is InChI=1S/C17H35N5O6/c1-7(19)9-5-4-8(20)17(27-9)28-15-11(21)13(24)16(26-3)12(14(15)25)22(2)10(23)6-18/h7-9,11-17,24-25H,4-6,18-21H2,1-3H3/t7-,8+,9-,11-,12-,13+,14+,15-,16-,17+/m0/s1. The van der Waals surface area contributed by atoms with Crippen molar-refractivity contribution in [3.8, 4) is 0 Å². The molecular formula is C17H35N5O6. The van der Waals surface area contributed by atoms with Crippen molar-refractivity contribution in [1.29, 1.82) is 0 Å². The molecule has 1 saturated carbocycles. The SMILES string of the molecule is CO[C@@H]1[C@H](O)[C@H](N)[C@H](O[C@H]2O[C@H]([C@H](C)N)CC[C@H]2N)[C@H](O)[C@@H]1N(C)C(=O)CN. The van der Waals surface area contributed by atoms with Gasteiger partial charge in [0.2, 0.25) is 5.91 Å². The van der Waals surface area contributed by atoms with E-state index in [1.807, 2.05) is 6.92 Å².